The number of nitrogens with zero attached hydrogens (tertiary/aromatic N) is 3. The molecule has 0 fully saturated rings. The predicted molar refractivity (Wildman–Crippen MR) is 98.5 cm³/mol. The van der Waals surface area contributed by atoms with Gasteiger partial charge in [0.2, 0.25) is 0 Å². The van der Waals surface area contributed by atoms with Crippen LogP contribution in [-0.2, 0) is 12.7 Å². The number of nitrogens with one attached hydrogen (secondary N) is 2. The zero-order valence-corrected chi connectivity index (χ0v) is 16.6. The lowest BCUT2D eigenvalue weighted by Crippen LogP contribution is -2.38. The van der Waals surface area contributed by atoms with Crippen LogP contribution in [0.5, 0.6) is 0 Å². The number of aromatic nitrogens is 1. The van der Waals surface area contributed by atoms with E-state index in [0.717, 1.165) is 36.2 Å². The third-order valence-electron chi connectivity index (χ3n) is 2.63. The van der Waals surface area contributed by atoms with Crippen LogP contribution in [0, 0.1) is 0 Å². The topological polar surface area (TPSA) is 52.6 Å². The largest absolute Gasteiger partial charge is 0.434 e. The first-order valence-corrected chi connectivity index (χ1v) is 7.89. The van der Waals surface area contributed by atoms with Gasteiger partial charge in [0.1, 0.15) is 5.01 Å². The van der Waals surface area contributed by atoms with Crippen LogP contribution >= 0.6 is 35.3 Å². The summed E-state index contributed by atoms with van der Waals surface area (Å²) in [4.78, 5) is 9.90. The van der Waals surface area contributed by atoms with Crippen LogP contribution in [0.3, 0.4) is 0 Å². The Hall–Kier alpha value is -0.620. The van der Waals surface area contributed by atoms with Crippen molar-refractivity contribution in [2.45, 2.75) is 26.1 Å². The molecule has 1 aromatic heterocycles. The van der Waals surface area contributed by atoms with Crippen LogP contribution in [-0.4, -0.2) is 49.6 Å². The maximum atomic E-state index is 12.5. The lowest BCUT2D eigenvalue weighted by Gasteiger charge is -2.13. The van der Waals surface area contributed by atoms with Crippen LogP contribution in [0.1, 0.15) is 24.0 Å². The van der Waals surface area contributed by atoms with Gasteiger partial charge in [-0.3, -0.25) is 0 Å². The van der Waals surface area contributed by atoms with Crippen molar-refractivity contribution in [2.24, 2.45) is 4.99 Å². The summed E-state index contributed by atoms with van der Waals surface area (Å²) in [6, 6.07) is 0. The van der Waals surface area contributed by atoms with Crippen molar-refractivity contribution in [3.05, 3.63) is 16.1 Å². The van der Waals surface area contributed by atoms with Crippen LogP contribution in [0.25, 0.3) is 0 Å². The predicted octanol–water partition coefficient (Wildman–Crippen LogP) is 2.79. The maximum absolute atomic E-state index is 12.5. The van der Waals surface area contributed by atoms with Gasteiger partial charge in [-0.25, -0.2) is 9.98 Å². The van der Waals surface area contributed by atoms with Gasteiger partial charge in [-0.1, -0.05) is 0 Å². The molecular weight excluding hydrogens is 442 g/mol. The third kappa shape index (κ3) is 9.30. The number of hydrogen-bond donors (Lipinski definition) is 2. The van der Waals surface area contributed by atoms with Crippen LogP contribution in [0.2, 0.25) is 0 Å². The molecule has 0 radical (unpaired) electrons. The molecule has 23 heavy (non-hydrogen) atoms. The van der Waals surface area contributed by atoms with Gasteiger partial charge >= 0.3 is 6.18 Å². The van der Waals surface area contributed by atoms with E-state index in [9.17, 15) is 13.2 Å². The molecule has 1 heterocycles. The van der Waals surface area contributed by atoms with Crippen molar-refractivity contribution in [3.63, 3.8) is 0 Å². The van der Waals surface area contributed by atoms with Crippen molar-refractivity contribution in [1.82, 2.24) is 20.5 Å². The first-order valence-electron chi connectivity index (χ1n) is 7.01. The molecule has 0 saturated heterocycles. The Balaban J connectivity index is 0.00000484. The van der Waals surface area contributed by atoms with E-state index in [1.165, 1.54) is 0 Å². The molecule has 0 atom stereocenters. The van der Waals surface area contributed by atoms with Gasteiger partial charge in [0.15, 0.2) is 11.7 Å². The number of guanidine groups is 1. The fraction of sp³-hybridized carbons (Fsp3) is 0.692. The second kappa shape index (κ2) is 11.0. The number of halogens is 4. The maximum Gasteiger partial charge on any atom is 0.434 e. The molecule has 0 aliphatic heterocycles. The molecule has 0 aromatic carbocycles. The van der Waals surface area contributed by atoms with Gasteiger partial charge in [0, 0.05) is 18.5 Å². The normalized spacial score (nSPS) is 12.2. The quantitative estimate of drug-likeness (QED) is 0.282. The Morgan fingerprint density at radius 1 is 1.35 bits per heavy atom. The monoisotopic (exact) mass is 465 g/mol. The first-order chi connectivity index (χ1) is 10.3. The average Bonchev–Trinajstić information content (AvgIpc) is 2.89. The van der Waals surface area contributed by atoms with Gasteiger partial charge in [0.25, 0.3) is 0 Å². The summed E-state index contributed by atoms with van der Waals surface area (Å²) < 4.78 is 37.4. The molecule has 0 spiro atoms. The van der Waals surface area contributed by atoms with Crippen molar-refractivity contribution < 1.29 is 13.2 Å². The summed E-state index contributed by atoms with van der Waals surface area (Å²) in [5.74, 6) is 0.588. The fourth-order valence-electron chi connectivity index (χ4n) is 1.60. The summed E-state index contributed by atoms with van der Waals surface area (Å²) in [5.41, 5.74) is -0.855. The highest BCUT2D eigenvalue weighted by molar-refractivity contribution is 14.0. The Kier molecular flexibility index (Phi) is 10.7. The Morgan fingerprint density at radius 2 is 2.04 bits per heavy atom. The first kappa shape index (κ1) is 22.4. The van der Waals surface area contributed by atoms with Crippen LogP contribution in [0.15, 0.2) is 10.4 Å². The highest BCUT2D eigenvalue weighted by atomic mass is 127. The van der Waals surface area contributed by atoms with E-state index in [0.29, 0.717) is 17.5 Å². The molecule has 0 aliphatic carbocycles. The molecule has 0 saturated carbocycles. The number of thiazole rings is 1. The molecule has 0 bridgehead atoms. The van der Waals surface area contributed by atoms with E-state index in [2.05, 4.69) is 25.5 Å². The summed E-state index contributed by atoms with van der Waals surface area (Å²) in [7, 11) is 4.00. The van der Waals surface area contributed by atoms with Crippen molar-refractivity contribution in [3.8, 4) is 0 Å². The Bertz CT molecular complexity index is 476. The summed E-state index contributed by atoms with van der Waals surface area (Å²) in [6.45, 7) is 4.45. The lowest BCUT2D eigenvalue weighted by atomic mass is 10.4. The number of hydrogen-bond acceptors (Lipinski definition) is 4. The molecule has 0 amide bonds. The minimum absolute atomic E-state index is 0. The molecule has 2 N–H and O–H groups in total. The highest BCUT2D eigenvalue weighted by Gasteiger charge is 2.33. The molecule has 1 rings (SSSR count). The number of aliphatic imine (C=N–C) groups is 1. The van der Waals surface area contributed by atoms with E-state index in [-0.39, 0.29) is 30.5 Å². The standard InChI is InChI=1S/C13H22F3N5S.HI/c1-4-17-12(18-6-5-7-21(2)3)19-8-11-20-10(9-22-11)13(14,15)16;/h9H,4-8H2,1-3H3,(H2,17,18,19);1H. The van der Waals surface area contributed by atoms with Crippen molar-refractivity contribution in [1.29, 1.82) is 0 Å². The molecule has 0 unspecified atom stereocenters. The SMILES string of the molecule is CCNC(=NCc1nc(C(F)(F)F)cs1)NCCCN(C)C.I. The van der Waals surface area contributed by atoms with Crippen molar-refractivity contribution >= 4 is 41.3 Å². The van der Waals surface area contributed by atoms with Crippen LogP contribution < -0.4 is 10.6 Å². The smallest absolute Gasteiger partial charge is 0.357 e. The van der Waals surface area contributed by atoms with E-state index in [1.807, 2.05) is 21.0 Å². The minimum atomic E-state index is -4.40. The molecule has 134 valence electrons. The van der Waals surface area contributed by atoms with E-state index in [4.69, 9.17) is 0 Å². The zero-order chi connectivity index (χ0) is 16.6. The summed E-state index contributed by atoms with van der Waals surface area (Å²) in [5, 5.41) is 7.57. The second-order valence-electron chi connectivity index (χ2n) is 4.90. The highest BCUT2D eigenvalue weighted by Crippen LogP contribution is 2.30. The lowest BCUT2D eigenvalue weighted by molar-refractivity contribution is -0.140. The second-order valence-corrected chi connectivity index (χ2v) is 5.85. The molecule has 10 heteroatoms. The van der Waals surface area contributed by atoms with E-state index in [1.54, 1.807) is 0 Å². The third-order valence-corrected chi connectivity index (χ3v) is 3.47. The van der Waals surface area contributed by atoms with Gasteiger partial charge in [-0.15, -0.1) is 35.3 Å². The Morgan fingerprint density at radius 3 is 2.57 bits per heavy atom. The summed E-state index contributed by atoms with van der Waals surface area (Å²) >= 11 is 0.968. The van der Waals surface area contributed by atoms with Crippen molar-refractivity contribution in [2.75, 3.05) is 33.7 Å². The Labute approximate surface area is 155 Å². The van der Waals surface area contributed by atoms with Gasteiger partial charge in [-0.05, 0) is 34.0 Å². The minimum Gasteiger partial charge on any atom is -0.357 e. The molecule has 1 aromatic rings. The van der Waals surface area contributed by atoms with Gasteiger partial charge < -0.3 is 15.5 Å². The summed E-state index contributed by atoms with van der Waals surface area (Å²) in [6.07, 6.45) is -3.44. The van der Waals surface area contributed by atoms with E-state index >= 15 is 0 Å². The number of alkyl halides is 3. The number of rotatable bonds is 7. The van der Waals surface area contributed by atoms with Gasteiger partial charge in [-0.2, -0.15) is 13.2 Å². The molecule has 5 nitrogen and oxygen atoms in total. The average molecular weight is 465 g/mol. The zero-order valence-electron chi connectivity index (χ0n) is 13.4. The van der Waals surface area contributed by atoms with Gasteiger partial charge in [0.05, 0.1) is 6.54 Å². The van der Waals surface area contributed by atoms with Crippen LogP contribution in [0.4, 0.5) is 13.2 Å². The fourth-order valence-corrected chi connectivity index (χ4v) is 2.33. The van der Waals surface area contributed by atoms with E-state index < -0.39 is 11.9 Å². The molecular formula is C13H23F3IN5S. The molecule has 0 aliphatic rings.